The van der Waals surface area contributed by atoms with Gasteiger partial charge in [-0.3, -0.25) is 0 Å². The average molecular weight is 348 g/mol. The summed E-state index contributed by atoms with van der Waals surface area (Å²) in [7, 11) is 1.79. The Balaban J connectivity index is 2.51. The topological polar surface area (TPSA) is 29.9 Å². The lowest BCUT2D eigenvalue weighted by Gasteiger charge is -2.16. The fourth-order valence-electron chi connectivity index (χ4n) is 1.85. The molecule has 20 heavy (non-hydrogen) atoms. The first-order valence-electron chi connectivity index (χ1n) is 5.93. The van der Waals surface area contributed by atoms with Gasteiger partial charge in [-0.1, -0.05) is 22.0 Å². The number of benzene rings is 1. The minimum Gasteiger partial charge on any atom is -0.313 e. The maximum Gasteiger partial charge on any atom is 0.435 e. The van der Waals surface area contributed by atoms with E-state index in [1.54, 1.807) is 13.1 Å². The maximum atomic E-state index is 12.6. The standard InChI is InChI=1S/C13H13BrF3N3/c1-8(18-2)10-4-3-9(14)7-11(10)20-6-5-12(19-20)13(15,16)17/h3-8,18H,1-2H3. The number of nitrogens with zero attached hydrogens (tertiary/aromatic N) is 2. The number of rotatable bonds is 3. The van der Waals surface area contributed by atoms with Crippen molar-refractivity contribution >= 4 is 15.9 Å². The molecule has 0 fully saturated rings. The summed E-state index contributed by atoms with van der Waals surface area (Å²) in [6.45, 7) is 1.93. The van der Waals surface area contributed by atoms with Gasteiger partial charge in [-0.25, -0.2) is 4.68 Å². The first kappa shape index (κ1) is 15.1. The van der Waals surface area contributed by atoms with Gasteiger partial charge in [0.15, 0.2) is 5.69 Å². The second kappa shape index (κ2) is 5.57. The molecular formula is C13H13BrF3N3. The van der Waals surface area contributed by atoms with Gasteiger partial charge in [0.1, 0.15) is 0 Å². The minimum atomic E-state index is -4.44. The molecule has 0 saturated heterocycles. The van der Waals surface area contributed by atoms with Crippen LogP contribution in [0.1, 0.15) is 24.2 Å². The Morgan fingerprint density at radius 1 is 1.30 bits per heavy atom. The van der Waals surface area contributed by atoms with E-state index in [0.717, 1.165) is 16.1 Å². The highest BCUT2D eigenvalue weighted by atomic mass is 79.9. The van der Waals surface area contributed by atoms with Crippen LogP contribution in [0.15, 0.2) is 34.9 Å². The van der Waals surface area contributed by atoms with E-state index < -0.39 is 11.9 Å². The highest BCUT2D eigenvalue weighted by Gasteiger charge is 2.33. The van der Waals surface area contributed by atoms with Gasteiger partial charge in [0, 0.05) is 16.7 Å². The van der Waals surface area contributed by atoms with Crippen molar-refractivity contribution in [3.8, 4) is 5.69 Å². The zero-order valence-electron chi connectivity index (χ0n) is 10.9. The SMILES string of the molecule is CNC(C)c1ccc(Br)cc1-n1ccc(C(F)(F)F)n1. The largest absolute Gasteiger partial charge is 0.435 e. The van der Waals surface area contributed by atoms with Crippen LogP contribution in [0.5, 0.6) is 0 Å². The van der Waals surface area contributed by atoms with Crippen LogP contribution in [0.2, 0.25) is 0 Å². The minimum absolute atomic E-state index is 0.00311. The van der Waals surface area contributed by atoms with Gasteiger partial charge < -0.3 is 5.32 Å². The summed E-state index contributed by atoms with van der Waals surface area (Å²) in [5.41, 5.74) is 0.574. The van der Waals surface area contributed by atoms with Gasteiger partial charge in [0.2, 0.25) is 0 Å². The van der Waals surface area contributed by atoms with E-state index in [1.807, 2.05) is 19.1 Å². The van der Waals surface area contributed by atoms with Crippen molar-refractivity contribution in [2.24, 2.45) is 0 Å². The average Bonchev–Trinajstić information content (AvgIpc) is 2.87. The molecule has 7 heteroatoms. The molecule has 1 heterocycles. The Hall–Kier alpha value is -1.34. The third-order valence-electron chi connectivity index (χ3n) is 3.02. The van der Waals surface area contributed by atoms with Gasteiger partial charge in [0.05, 0.1) is 5.69 Å². The van der Waals surface area contributed by atoms with Gasteiger partial charge in [0.25, 0.3) is 0 Å². The maximum absolute atomic E-state index is 12.6. The zero-order valence-corrected chi connectivity index (χ0v) is 12.5. The van der Waals surface area contributed by atoms with Gasteiger partial charge in [-0.05, 0) is 37.7 Å². The zero-order chi connectivity index (χ0) is 14.9. The lowest BCUT2D eigenvalue weighted by atomic mass is 10.1. The fourth-order valence-corrected chi connectivity index (χ4v) is 2.20. The number of halogens is 4. The third kappa shape index (κ3) is 3.04. The Kier molecular flexibility index (Phi) is 4.19. The Morgan fingerprint density at radius 2 is 2.00 bits per heavy atom. The summed E-state index contributed by atoms with van der Waals surface area (Å²) in [4.78, 5) is 0. The molecule has 0 bridgehead atoms. The molecular weight excluding hydrogens is 335 g/mol. The molecule has 2 rings (SSSR count). The molecule has 1 aromatic heterocycles. The first-order valence-corrected chi connectivity index (χ1v) is 6.72. The van der Waals surface area contributed by atoms with Gasteiger partial charge >= 0.3 is 6.18 Å². The molecule has 3 nitrogen and oxygen atoms in total. The molecule has 0 amide bonds. The number of alkyl halides is 3. The number of hydrogen-bond donors (Lipinski definition) is 1. The smallest absolute Gasteiger partial charge is 0.313 e. The molecule has 0 spiro atoms. The highest BCUT2D eigenvalue weighted by molar-refractivity contribution is 9.10. The van der Waals surface area contributed by atoms with Crippen LogP contribution in [-0.4, -0.2) is 16.8 Å². The van der Waals surface area contributed by atoms with E-state index in [1.165, 1.54) is 10.9 Å². The van der Waals surface area contributed by atoms with Gasteiger partial charge in [-0.2, -0.15) is 18.3 Å². The summed E-state index contributed by atoms with van der Waals surface area (Å²) in [6.07, 6.45) is -3.12. The van der Waals surface area contributed by atoms with Crippen molar-refractivity contribution in [1.29, 1.82) is 0 Å². The van der Waals surface area contributed by atoms with Crippen LogP contribution >= 0.6 is 15.9 Å². The van der Waals surface area contributed by atoms with Crippen molar-refractivity contribution in [1.82, 2.24) is 15.1 Å². The molecule has 0 aliphatic rings. The van der Waals surface area contributed by atoms with Crippen LogP contribution < -0.4 is 5.32 Å². The molecule has 1 atom stereocenters. The Bertz CT molecular complexity index is 607. The highest BCUT2D eigenvalue weighted by Crippen LogP contribution is 2.30. The molecule has 1 aromatic carbocycles. The van der Waals surface area contributed by atoms with Crippen LogP contribution in [-0.2, 0) is 6.18 Å². The van der Waals surface area contributed by atoms with Crippen molar-refractivity contribution in [2.75, 3.05) is 7.05 Å². The normalized spacial score (nSPS) is 13.5. The van der Waals surface area contributed by atoms with Gasteiger partial charge in [-0.15, -0.1) is 0 Å². The van der Waals surface area contributed by atoms with E-state index in [-0.39, 0.29) is 6.04 Å². The summed E-state index contributed by atoms with van der Waals surface area (Å²) in [6, 6.07) is 6.41. The van der Waals surface area contributed by atoms with Crippen LogP contribution in [0, 0.1) is 0 Å². The molecule has 1 unspecified atom stereocenters. The fraction of sp³-hybridized carbons (Fsp3) is 0.308. The lowest BCUT2D eigenvalue weighted by Crippen LogP contribution is -2.15. The van der Waals surface area contributed by atoms with E-state index >= 15 is 0 Å². The second-order valence-corrected chi connectivity index (χ2v) is 5.27. The van der Waals surface area contributed by atoms with E-state index in [9.17, 15) is 13.2 Å². The molecule has 1 N–H and O–H groups in total. The van der Waals surface area contributed by atoms with E-state index in [4.69, 9.17) is 0 Å². The lowest BCUT2D eigenvalue weighted by molar-refractivity contribution is -0.141. The first-order chi connectivity index (χ1) is 9.32. The van der Waals surface area contributed by atoms with Crippen LogP contribution in [0.4, 0.5) is 13.2 Å². The van der Waals surface area contributed by atoms with Crippen molar-refractivity contribution in [2.45, 2.75) is 19.1 Å². The quantitative estimate of drug-likeness (QED) is 0.911. The molecule has 0 aliphatic carbocycles. The predicted octanol–water partition coefficient (Wildman–Crippen LogP) is 3.93. The molecule has 0 radical (unpaired) electrons. The molecule has 2 aromatic rings. The monoisotopic (exact) mass is 347 g/mol. The van der Waals surface area contributed by atoms with Crippen molar-refractivity contribution in [3.05, 3.63) is 46.2 Å². The van der Waals surface area contributed by atoms with Crippen LogP contribution in [0.3, 0.4) is 0 Å². The van der Waals surface area contributed by atoms with Crippen molar-refractivity contribution < 1.29 is 13.2 Å². The van der Waals surface area contributed by atoms with E-state index in [0.29, 0.717) is 5.69 Å². The summed E-state index contributed by atoms with van der Waals surface area (Å²) < 4.78 is 39.9. The molecule has 0 saturated carbocycles. The Labute approximate surface area is 122 Å². The number of hydrogen-bond acceptors (Lipinski definition) is 2. The summed E-state index contributed by atoms with van der Waals surface area (Å²) in [5.74, 6) is 0. The third-order valence-corrected chi connectivity index (χ3v) is 3.51. The summed E-state index contributed by atoms with van der Waals surface area (Å²) >= 11 is 3.33. The molecule has 0 aliphatic heterocycles. The number of nitrogens with one attached hydrogen (secondary N) is 1. The predicted molar refractivity (Wildman–Crippen MR) is 73.7 cm³/mol. The molecule has 108 valence electrons. The van der Waals surface area contributed by atoms with Crippen molar-refractivity contribution in [3.63, 3.8) is 0 Å². The summed E-state index contributed by atoms with van der Waals surface area (Å²) in [5, 5.41) is 6.68. The van der Waals surface area contributed by atoms with E-state index in [2.05, 4.69) is 26.3 Å². The second-order valence-electron chi connectivity index (χ2n) is 4.36. The van der Waals surface area contributed by atoms with Crippen LogP contribution in [0.25, 0.3) is 5.69 Å². The Morgan fingerprint density at radius 3 is 2.55 bits per heavy atom. The number of aromatic nitrogens is 2.